The summed E-state index contributed by atoms with van der Waals surface area (Å²) >= 11 is 0. The number of hydrogen-bond acceptors (Lipinski definition) is 7. The minimum atomic E-state index is 0.283. The molecule has 1 saturated heterocycles. The third-order valence-electron chi connectivity index (χ3n) is 4.31. The van der Waals surface area contributed by atoms with Crippen molar-refractivity contribution in [3.05, 3.63) is 35.9 Å². The Morgan fingerprint density at radius 3 is 2.40 bits per heavy atom. The first-order valence-corrected chi connectivity index (χ1v) is 8.83. The highest BCUT2D eigenvalue weighted by atomic mass is 15.4. The van der Waals surface area contributed by atoms with E-state index < -0.39 is 0 Å². The van der Waals surface area contributed by atoms with E-state index in [1.165, 1.54) is 0 Å². The fourth-order valence-electron chi connectivity index (χ4n) is 2.80. The van der Waals surface area contributed by atoms with Crippen molar-refractivity contribution in [3.63, 3.8) is 0 Å². The van der Waals surface area contributed by atoms with Gasteiger partial charge in [-0.25, -0.2) is 0 Å². The quantitative estimate of drug-likeness (QED) is 0.821. The van der Waals surface area contributed by atoms with Gasteiger partial charge in [-0.3, -0.25) is 9.88 Å². The zero-order chi connectivity index (χ0) is 17.8. The summed E-state index contributed by atoms with van der Waals surface area (Å²) in [7, 11) is 3.93. The average molecular weight is 341 g/mol. The Kier molecular flexibility index (Phi) is 5.43. The van der Waals surface area contributed by atoms with Gasteiger partial charge in [-0.2, -0.15) is 15.0 Å². The van der Waals surface area contributed by atoms with Crippen molar-refractivity contribution in [2.75, 3.05) is 50.1 Å². The Morgan fingerprint density at radius 2 is 1.80 bits per heavy atom. The maximum absolute atomic E-state index is 4.69. The lowest BCUT2D eigenvalue weighted by atomic mass is 10.2. The van der Waals surface area contributed by atoms with Crippen LogP contribution in [0.1, 0.15) is 31.3 Å². The van der Waals surface area contributed by atoms with Crippen molar-refractivity contribution in [2.45, 2.75) is 26.3 Å². The van der Waals surface area contributed by atoms with Crippen molar-refractivity contribution < 1.29 is 0 Å². The molecule has 1 aliphatic heterocycles. The maximum atomic E-state index is 4.69. The van der Waals surface area contributed by atoms with Crippen LogP contribution in [-0.2, 0) is 6.54 Å². The molecule has 134 valence electrons. The molecule has 0 spiro atoms. The number of hydrogen-bond donors (Lipinski definition) is 0. The molecule has 7 heteroatoms. The third-order valence-corrected chi connectivity index (χ3v) is 4.31. The van der Waals surface area contributed by atoms with Gasteiger partial charge in [0.25, 0.3) is 0 Å². The van der Waals surface area contributed by atoms with E-state index >= 15 is 0 Å². The fraction of sp³-hybridized carbons (Fsp3) is 0.556. The average Bonchev–Trinajstić information content (AvgIpc) is 2.62. The van der Waals surface area contributed by atoms with E-state index in [4.69, 9.17) is 4.98 Å². The second-order valence-corrected chi connectivity index (χ2v) is 6.93. The van der Waals surface area contributed by atoms with Crippen molar-refractivity contribution >= 4 is 11.9 Å². The number of aromatic nitrogens is 4. The first-order valence-electron chi connectivity index (χ1n) is 8.83. The molecule has 0 atom stereocenters. The molecule has 0 bridgehead atoms. The van der Waals surface area contributed by atoms with E-state index in [0.29, 0.717) is 0 Å². The van der Waals surface area contributed by atoms with Gasteiger partial charge in [0.2, 0.25) is 11.9 Å². The first kappa shape index (κ1) is 17.5. The van der Waals surface area contributed by atoms with E-state index in [1.54, 1.807) is 0 Å². The molecule has 1 fully saturated rings. The molecule has 0 unspecified atom stereocenters. The van der Waals surface area contributed by atoms with Gasteiger partial charge in [0, 0.05) is 58.9 Å². The van der Waals surface area contributed by atoms with E-state index in [9.17, 15) is 0 Å². The van der Waals surface area contributed by atoms with Gasteiger partial charge >= 0.3 is 0 Å². The molecule has 0 N–H and O–H groups in total. The van der Waals surface area contributed by atoms with Crippen LogP contribution in [0.15, 0.2) is 24.4 Å². The molecular formula is C18H27N7. The largest absolute Gasteiger partial charge is 0.347 e. The highest BCUT2D eigenvalue weighted by molar-refractivity contribution is 5.39. The van der Waals surface area contributed by atoms with Crippen LogP contribution in [0.5, 0.6) is 0 Å². The van der Waals surface area contributed by atoms with Crippen LogP contribution >= 0.6 is 0 Å². The second-order valence-electron chi connectivity index (χ2n) is 6.93. The Labute approximate surface area is 149 Å². The van der Waals surface area contributed by atoms with Gasteiger partial charge < -0.3 is 9.80 Å². The van der Waals surface area contributed by atoms with Crippen LogP contribution in [0.3, 0.4) is 0 Å². The van der Waals surface area contributed by atoms with E-state index in [-0.39, 0.29) is 5.92 Å². The molecule has 1 aliphatic rings. The molecular weight excluding hydrogens is 314 g/mol. The normalized spacial score (nSPS) is 15.6. The summed E-state index contributed by atoms with van der Waals surface area (Å²) in [5, 5.41) is 0. The smallest absolute Gasteiger partial charge is 0.230 e. The lowest BCUT2D eigenvalue weighted by Crippen LogP contribution is -2.46. The topological polar surface area (TPSA) is 61.3 Å². The molecule has 0 amide bonds. The van der Waals surface area contributed by atoms with Crippen LogP contribution in [0, 0.1) is 0 Å². The standard InChI is InChI=1S/C18H27N7/c1-14(2)16-20-17(23(3)4)22-18(21-16)25-11-9-24(10-12-25)13-15-7-5-6-8-19-15/h5-8,14H,9-13H2,1-4H3. The van der Waals surface area contributed by atoms with Gasteiger partial charge in [-0.05, 0) is 12.1 Å². The van der Waals surface area contributed by atoms with Crippen LogP contribution in [0.25, 0.3) is 0 Å². The summed E-state index contributed by atoms with van der Waals surface area (Å²) in [5.41, 5.74) is 1.12. The lowest BCUT2D eigenvalue weighted by molar-refractivity contribution is 0.246. The predicted molar refractivity (Wildman–Crippen MR) is 100.0 cm³/mol. The Bertz CT molecular complexity index is 653. The van der Waals surface area contributed by atoms with Crippen molar-refractivity contribution in [1.82, 2.24) is 24.8 Å². The first-order chi connectivity index (χ1) is 12.0. The lowest BCUT2D eigenvalue weighted by Gasteiger charge is -2.34. The summed E-state index contributed by atoms with van der Waals surface area (Å²) in [6, 6.07) is 6.08. The number of pyridine rings is 1. The highest BCUT2D eigenvalue weighted by Crippen LogP contribution is 2.19. The minimum Gasteiger partial charge on any atom is -0.347 e. The summed E-state index contributed by atoms with van der Waals surface area (Å²) in [5.74, 6) is 2.65. The molecule has 0 aromatic carbocycles. The summed E-state index contributed by atoms with van der Waals surface area (Å²) in [6.45, 7) is 8.93. The number of nitrogens with zero attached hydrogens (tertiary/aromatic N) is 7. The SMILES string of the molecule is CC(C)c1nc(N(C)C)nc(N2CCN(Cc3ccccn3)CC2)n1. The molecule has 3 rings (SSSR count). The van der Waals surface area contributed by atoms with Gasteiger partial charge in [-0.15, -0.1) is 0 Å². The summed E-state index contributed by atoms with van der Waals surface area (Å²) < 4.78 is 0. The zero-order valence-electron chi connectivity index (χ0n) is 15.6. The number of piperazine rings is 1. The van der Waals surface area contributed by atoms with Gasteiger partial charge in [0.1, 0.15) is 5.82 Å². The molecule has 0 radical (unpaired) electrons. The van der Waals surface area contributed by atoms with E-state index in [2.05, 4.69) is 44.7 Å². The van der Waals surface area contributed by atoms with E-state index in [0.717, 1.165) is 56.1 Å². The Morgan fingerprint density at radius 1 is 1.04 bits per heavy atom. The molecule has 2 aromatic rings. The van der Waals surface area contributed by atoms with Gasteiger partial charge in [-0.1, -0.05) is 19.9 Å². The zero-order valence-corrected chi connectivity index (χ0v) is 15.6. The third kappa shape index (κ3) is 4.42. The number of rotatable bonds is 5. The predicted octanol–water partition coefficient (Wildman–Crippen LogP) is 1.78. The van der Waals surface area contributed by atoms with Crippen LogP contribution < -0.4 is 9.80 Å². The molecule has 0 aliphatic carbocycles. The van der Waals surface area contributed by atoms with Crippen molar-refractivity contribution in [2.24, 2.45) is 0 Å². The molecule has 25 heavy (non-hydrogen) atoms. The highest BCUT2D eigenvalue weighted by Gasteiger charge is 2.21. The molecule has 7 nitrogen and oxygen atoms in total. The van der Waals surface area contributed by atoms with Gasteiger partial charge in [0.05, 0.1) is 5.69 Å². The molecule has 3 heterocycles. The second kappa shape index (κ2) is 7.74. The summed E-state index contributed by atoms with van der Waals surface area (Å²) in [4.78, 5) is 24.9. The Hall–Kier alpha value is -2.28. The van der Waals surface area contributed by atoms with Crippen LogP contribution in [0.2, 0.25) is 0 Å². The summed E-state index contributed by atoms with van der Waals surface area (Å²) in [6.07, 6.45) is 1.85. The number of anilines is 2. The molecule has 0 saturated carbocycles. The maximum Gasteiger partial charge on any atom is 0.230 e. The monoisotopic (exact) mass is 341 g/mol. The fourth-order valence-corrected chi connectivity index (χ4v) is 2.80. The molecule has 2 aromatic heterocycles. The Balaban J connectivity index is 1.68. The van der Waals surface area contributed by atoms with Crippen molar-refractivity contribution in [1.29, 1.82) is 0 Å². The van der Waals surface area contributed by atoms with Crippen LogP contribution in [-0.4, -0.2) is 65.1 Å². The van der Waals surface area contributed by atoms with Crippen molar-refractivity contribution in [3.8, 4) is 0 Å². The minimum absolute atomic E-state index is 0.283. The van der Waals surface area contributed by atoms with E-state index in [1.807, 2.05) is 37.3 Å². The van der Waals surface area contributed by atoms with Gasteiger partial charge in [0.15, 0.2) is 0 Å². The van der Waals surface area contributed by atoms with Crippen LogP contribution in [0.4, 0.5) is 11.9 Å².